The summed E-state index contributed by atoms with van der Waals surface area (Å²) >= 11 is 0. The summed E-state index contributed by atoms with van der Waals surface area (Å²) in [7, 11) is 0. The van der Waals surface area contributed by atoms with Crippen LogP contribution in [-0.2, 0) is 5.41 Å². The van der Waals surface area contributed by atoms with Crippen molar-refractivity contribution < 1.29 is 4.42 Å². The van der Waals surface area contributed by atoms with Crippen molar-refractivity contribution in [3.05, 3.63) is 174 Å². The fourth-order valence-electron chi connectivity index (χ4n) is 9.65. The molecule has 7 aromatic carbocycles. The van der Waals surface area contributed by atoms with Crippen molar-refractivity contribution in [2.45, 2.75) is 19.3 Å². The van der Waals surface area contributed by atoms with Crippen molar-refractivity contribution >= 4 is 59.8 Å². The maximum atomic E-state index is 6.29. The van der Waals surface area contributed by atoms with Crippen LogP contribution in [0.15, 0.2) is 162 Å². The van der Waals surface area contributed by atoms with Gasteiger partial charge in [-0.05, 0) is 95.0 Å². The molecule has 1 aromatic heterocycles. The van der Waals surface area contributed by atoms with Gasteiger partial charge in [-0.15, -0.1) is 0 Å². The van der Waals surface area contributed by atoms with E-state index >= 15 is 0 Å². The molecule has 11 rings (SSSR count). The molecular formula is C49H34O. The third-order valence-electron chi connectivity index (χ3n) is 11.8. The second-order valence-electron chi connectivity index (χ2n) is 14.7. The van der Waals surface area contributed by atoms with Gasteiger partial charge in [-0.3, -0.25) is 0 Å². The Morgan fingerprint density at radius 3 is 1.96 bits per heavy atom. The number of para-hydroxylation sites is 1. The van der Waals surface area contributed by atoms with Crippen molar-refractivity contribution in [1.82, 2.24) is 0 Å². The lowest BCUT2D eigenvalue weighted by atomic mass is 9.74. The number of allylic oxidation sites excluding steroid dienone is 8. The Balaban J connectivity index is 1.16. The number of rotatable bonds is 2. The molecule has 3 aliphatic carbocycles. The minimum atomic E-state index is -0.149. The van der Waals surface area contributed by atoms with Crippen molar-refractivity contribution in [3.63, 3.8) is 0 Å². The van der Waals surface area contributed by atoms with Crippen LogP contribution in [0.3, 0.4) is 0 Å². The Morgan fingerprint density at radius 2 is 1.18 bits per heavy atom. The molecule has 0 spiro atoms. The maximum Gasteiger partial charge on any atom is 0.136 e. The van der Waals surface area contributed by atoms with Crippen molar-refractivity contribution in [1.29, 1.82) is 0 Å². The molecule has 50 heavy (non-hydrogen) atoms. The first-order valence-electron chi connectivity index (χ1n) is 17.8. The summed E-state index contributed by atoms with van der Waals surface area (Å²) < 4.78 is 6.29. The predicted octanol–water partition coefficient (Wildman–Crippen LogP) is 13.3. The summed E-state index contributed by atoms with van der Waals surface area (Å²) in [6.07, 6.45) is 16.0. The minimum absolute atomic E-state index is 0.149. The van der Waals surface area contributed by atoms with E-state index in [1.54, 1.807) is 0 Å². The molecule has 1 nitrogen and oxygen atoms in total. The first-order valence-corrected chi connectivity index (χ1v) is 17.8. The van der Waals surface area contributed by atoms with Crippen molar-refractivity contribution in [2.75, 3.05) is 0 Å². The fourth-order valence-corrected chi connectivity index (χ4v) is 9.65. The lowest BCUT2D eigenvalue weighted by Crippen LogP contribution is -2.15. The highest BCUT2D eigenvalue weighted by atomic mass is 16.3. The van der Waals surface area contributed by atoms with E-state index in [-0.39, 0.29) is 5.41 Å². The molecule has 0 amide bonds. The largest absolute Gasteiger partial charge is 0.456 e. The van der Waals surface area contributed by atoms with E-state index in [9.17, 15) is 0 Å². The van der Waals surface area contributed by atoms with E-state index in [2.05, 4.69) is 166 Å². The second-order valence-corrected chi connectivity index (χ2v) is 14.7. The van der Waals surface area contributed by atoms with Crippen LogP contribution in [0.1, 0.15) is 30.5 Å². The molecule has 0 N–H and O–H groups in total. The van der Waals surface area contributed by atoms with E-state index in [1.807, 2.05) is 6.07 Å². The van der Waals surface area contributed by atoms with Crippen LogP contribution in [0.5, 0.6) is 0 Å². The zero-order chi connectivity index (χ0) is 33.1. The van der Waals surface area contributed by atoms with Gasteiger partial charge in [0.2, 0.25) is 0 Å². The molecule has 1 heteroatoms. The van der Waals surface area contributed by atoms with Gasteiger partial charge < -0.3 is 4.42 Å². The molecule has 2 unspecified atom stereocenters. The van der Waals surface area contributed by atoms with Gasteiger partial charge in [0, 0.05) is 28.0 Å². The van der Waals surface area contributed by atoms with Crippen LogP contribution in [0, 0.1) is 11.8 Å². The summed E-state index contributed by atoms with van der Waals surface area (Å²) in [6, 6.07) is 42.9. The highest BCUT2D eigenvalue weighted by Crippen LogP contribution is 2.54. The van der Waals surface area contributed by atoms with Gasteiger partial charge in [0.05, 0.1) is 0 Å². The van der Waals surface area contributed by atoms with Crippen LogP contribution in [0.2, 0.25) is 0 Å². The topological polar surface area (TPSA) is 13.1 Å². The Bertz CT molecular complexity index is 2850. The molecule has 2 atom stereocenters. The Kier molecular flexibility index (Phi) is 5.63. The third kappa shape index (κ3) is 3.67. The van der Waals surface area contributed by atoms with Gasteiger partial charge in [0.1, 0.15) is 11.2 Å². The van der Waals surface area contributed by atoms with E-state index in [0.29, 0.717) is 11.8 Å². The van der Waals surface area contributed by atoms with Crippen LogP contribution in [-0.4, -0.2) is 0 Å². The molecule has 0 fully saturated rings. The number of hydrogen-bond donors (Lipinski definition) is 0. The van der Waals surface area contributed by atoms with E-state index in [0.717, 1.165) is 11.2 Å². The van der Waals surface area contributed by atoms with Gasteiger partial charge in [-0.1, -0.05) is 153 Å². The normalized spacial score (nSPS) is 18.6. The Morgan fingerprint density at radius 1 is 0.520 bits per heavy atom. The van der Waals surface area contributed by atoms with Crippen LogP contribution >= 0.6 is 0 Å². The lowest BCUT2D eigenvalue weighted by Gasteiger charge is -2.29. The summed E-state index contributed by atoms with van der Waals surface area (Å²) in [5, 5.41) is 10.2. The average Bonchev–Trinajstić information content (AvgIpc) is 3.65. The monoisotopic (exact) mass is 638 g/mol. The van der Waals surface area contributed by atoms with E-state index in [1.165, 1.54) is 87.6 Å². The van der Waals surface area contributed by atoms with E-state index in [4.69, 9.17) is 4.42 Å². The lowest BCUT2D eigenvalue weighted by molar-refractivity contribution is 0.665. The molecule has 0 aliphatic heterocycles. The van der Waals surface area contributed by atoms with Gasteiger partial charge in [-0.2, -0.15) is 0 Å². The fraction of sp³-hybridized carbons (Fsp3) is 0.102. The molecule has 0 radical (unpaired) electrons. The quantitative estimate of drug-likeness (QED) is 0.172. The molecular weight excluding hydrogens is 605 g/mol. The zero-order valence-corrected chi connectivity index (χ0v) is 28.1. The number of benzene rings is 7. The first-order chi connectivity index (χ1) is 24.6. The molecule has 3 aliphatic rings. The first kappa shape index (κ1) is 28.0. The summed E-state index contributed by atoms with van der Waals surface area (Å²) in [4.78, 5) is 0. The number of fused-ring (bicyclic) bond motifs is 12. The van der Waals surface area contributed by atoms with Crippen molar-refractivity contribution in [3.8, 4) is 22.3 Å². The Labute approximate surface area is 291 Å². The van der Waals surface area contributed by atoms with Gasteiger partial charge in [0.25, 0.3) is 0 Å². The molecule has 236 valence electrons. The maximum absolute atomic E-state index is 6.29. The second kappa shape index (κ2) is 10.1. The smallest absolute Gasteiger partial charge is 0.136 e. The van der Waals surface area contributed by atoms with Gasteiger partial charge in [0.15, 0.2) is 0 Å². The number of hydrogen-bond acceptors (Lipinski definition) is 1. The SMILES string of the molecule is CC1(C)c2ccc(-c3c4ccccc4c(C4=CC=CC5C=CC=CC45)c4ccccc34)cc2-c2ccc3c(ccc4oc5ccccc5c43)c21. The Hall–Kier alpha value is -5.92. The average molecular weight is 639 g/mol. The minimum Gasteiger partial charge on any atom is -0.456 e. The molecule has 0 saturated carbocycles. The molecule has 0 saturated heterocycles. The molecule has 1 heterocycles. The standard InChI is InChI=1S/C49H34O/c1-49(2)42-26-22-30(28-41(42)39-24-23-37-38(48(39)49)25-27-44-47(37)40-19-9-10-21-43(40)50-44)45-33-15-5-7-17-35(33)46(36-18-8-6-16-34(36)45)32-20-11-13-29-12-3-4-14-31(29)32/h3-29,31H,1-2H3. The zero-order valence-electron chi connectivity index (χ0n) is 28.1. The number of furan rings is 1. The van der Waals surface area contributed by atoms with Crippen LogP contribution in [0.25, 0.3) is 82.1 Å². The predicted molar refractivity (Wildman–Crippen MR) is 212 cm³/mol. The van der Waals surface area contributed by atoms with Gasteiger partial charge >= 0.3 is 0 Å². The molecule has 8 aromatic rings. The summed E-state index contributed by atoms with van der Waals surface area (Å²) in [5.41, 5.74) is 12.5. The van der Waals surface area contributed by atoms with Crippen molar-refractivity contribution in [2.24, 2.45) is 11.8 Å². The highest BCUT2D eigenvalue weighted by molar-refractivity contribution is 6.21. The summed E-state index contributed by atoms with van der Waals surface area (Å²) in [6.45, 7) is 4.78. The van der Waals surface area contributed by atoms with Crippen LogP contribution in [0.4, 0.5) is 0 Å². The highest BCUT2D eigenvalue weighted by Gasteiger charge is 2.38. The molecule has 0 bridgehead atoms. The summed E-state index contributed by atoms with van der Waals surface area (Å²) in [5.74, 6) is 0.717. The third-order valence-corrected chi connectivity index (χ3v) is 11.8. The van der Waals surface area contributed by atoms with E-state index < -0.39 is 0 Å². The van der Waals surface area contributed by atoms with Gasteiger partial charge in [-0.25, -0.2) is 0 Å². The van der Waals surface area contributed by atoms with Crippen LogP contribution < -0.4 is 0 Å².